The van der Waals surface area contributed by atoms with Crippen LogP contribution in [0, 0.1) is 13.8 Å². The third-order valence-electron chi connectivity index (χ3n) is 5.14. The van der Waals surface area contributed by atoms with Crippen molar-refractivity contribution in [2.45, 2.75) is 59.0 Å². The van der Waals surface area contributed by atoms with Crippen molar-refractivity contribution in [1.29, 1.82) is 0 Å². The number of carbonyl (C=O) groups excluding carboxylic acids is 2. The van der Waals surface area contributed by atoms with Gasteiger partial charge >= 0.3 is 0 Å². The van der Waals surface area contributed by atoms with Crippen molar-refractivity contribution in [3.8, 4) is 0 Å². The number of nitrogens with one attached hydrogen (secondary N) is 2. The first-order valence-corrected chi connectivity index (χ1v) is 9.28. The summed E-state index contributed by atoms with van der Waals surface area (Å²) in [7, 11) is 1.90. The number of likely N-dealkylation sites (N-methyl/N-ethyl adjacent to an activating group) is 1. The van der Waals surface area contributed by atoms with Crippen molar-refractivity contribution in [3.05, 3.63) is 29.3 Å². The van der Waals surface area contributed by atoms with Gasteiger partial charge in [-0.15, -0.1) is 0 Å². The zero-order valence-electron chi connectivity index (χ0n) is 16.2. The van der Waals surface area contributed by atoms with Crippen LogP contribution in [0.2, 0.25) is 0 Å². The molecule has 1 aliphatic rings. The molecule has 1 fully saturated rings. The zero-order chi connectivity index (χ0) is 18.6. The van der Waals surface area contributed by atoms with Gasteiger partial charge in [0.15, 0.2) is 13.1 Å². The lowest BCUT2D eigenvalue weighted by Crippen LogP contribution is -3.11. The second-order valence-corrected chi connectivity index (χ2v) is 7.56. The maximum absolute atomic E-state index is 12.7. The highest BCUT2D eigenvalue weighted by molar-refractivity contribution is 5.93. The molecule has 1 unspecified atom stereocenters. The number of likely N-dealkylation sites (tertiary alicyclic amines) is 1. The summed E-state index contributed by atoms with van der Waals surface area (Å²) in [6, 6.07) is 6.56. The predicted molar refractivity (Wildman–Crippen MR) is 101 cm³/mol. The summed E-state index contributed by atoms with van der Waals surface area (Å²) >= 11 is 0. The SMILES string of the molecule is Cc1cccc(C)c1NC(=O)C[NH+](C)CC(=O)N1[C@@H](C)CCC[C@@H]1C. The second kappa shape index (κ2) is 8.48. The van der Waals surface area contributed by atoms with E-state index in [2.05, 4.69) is 19.2 Å². The number of hydrogen-bond donors (Lipinski definition) is 2. The summed E-state index contributed by atoms with van der Waals surface area (Å²) < 4.78 is 0. The van der Waals surface area contributed by atoms with Crippen molar-refractivity contribution >= 4 is 17.5 Å². The van der Waals surface area contributed by atoms with Crippen molar-refractivity contribution < 1.29 is 14.5 Å². The molecule has 1 heterocycles. The van der Waals surface area contributed by atoms with Gasteiger partial charge in [0.2, 0.25) is 0 Å². The zero-order valence-corrected chi connectivity index (χ0v) is 16.2. The van der Waals surface area contributed by atoms with Gasteiger partial charge in [-0.25, -0.2) is 0 Å². The van der Waals surface area contributed by atoms with Crippen LogP contribution < -0.4 is 10.2 Å². The molecule has 0 aliphatic carbocycles. The molecular formula is C20H32N3O2+. The number of amides is 2. The van der Waals surface area contributed by atoms with Gasteiger partial charge in [0, 0.05) is 17.8 Å². The molecule has 5 heteroatoms. The minimum Gasteiger partial charge on any atom is -0.332 e. The lowest BCUT2D eigenvalue weighted by molar-refractivity contribution is -0.862. The Balaban J connectivity index is 1.90. The number of benzene rings is 1. The Hall–Kier alpha value is -1.88. The number of para-hydroxylation sites is 1. The fourth-order valence-electron chi connectivity index (χ4n) is 3.79. The van der Waals surface area contributed by atoms with Crippen molar-refractivity contribution in [3.63, 3.8) is 0 Å². The van der Waals surface area contributed by atoms with Crippen LogP contribution in [0.25, 0.3) is 0 Å². The molecule has 0 saturated carbocycles. The van der Waals surface area contributed by atoms with Gasteiger partial charge in [0.05, 0.1) is 7.05 Å². The highest BCUT2D eigenvalue weighted by atomic mass is 16.2. The first-order valence-electron chi connectivity index (χ1n) is 9.28. The number of rotatable bonds is 5. The third-order valence-corrected chi connectivity index (χ3v) is 5.14. The van der Waals surface area contributed by atoms with E-state index in [9.17, 15) is 9.59 Å². The van der Waals surface area contributed by atoms with Gasteiger partial charge in [0.1, 0.15) is 0 Å². The van der Waals surface area contributed by atoms with Crippen LogP contribution >= 0.6 is 0 Å². The van der Waals surface area contributed by atoms with Gasteiger partial charge in [-0.1, -0.05) is 18.2 Å². The van der Waals surface area contributed by atoms with E-state index in [-0.39, 0.29) is 18.4 Å². The molecule has 0 aromatic heterocycles. The largest absolute Gasteiger partial charge is 0.332 e. The maximum atomic E-state index is 12.7. The van der Waals surface area contributed by atoms with Crippen LogP contribution in [0.1, 0.15) is 44.2 Å². The molecular weight excluding hydrogens is 314 g/mol. The van der Waals surface area contributed by atoms with E-state index < -0.39 is 0 Å². The fraction of sp³-hybridized carbons (Fsp3) is 0.600. The van der Waals surface area contributed by atoms with Gasteiger partial charge < -0.3 is 15.1 Å². The van der Waals surface area contributed by atoms with E-state index in [0.29, 0.717) is 18.6 Å². The van der Waals surface area contributed by atoms with E-state index in [0.717, 1.165) is 34.6 Å². The summed E-state index contributed by atoms with van der Waals surface area (Å²) in [5.74, 6) is 0.0968. The molecule has 1 saturated heterocycles. The molecule has 138 valence electrons. The molecule has 1 aromatic rings. The molecule has 25 heavy (non-hydrogen) atoms. The number of carbonyl (C=O) groups is 2. The fourth-order valence-corrected chi connectivity index (χ4v) is 3.79. The normalized spacial score (nSPS) is 21.7. The first-order chi connectivity index (χ1) is 11.8. The standard InChI is InChI=1S/C20H31N3O2/c1-14-8-6-9-15(2)20(14)21-18(24)12-22(5)13-19(25)23-16(3)10-7-11-17(23)4/h6,8-9,16-17H,7,10-13H2,1-5H3,(H,21,24)/p+1/t16-,17-/m0/s1. The number of piperidine rings is 1. The molecule has 2 amide bonds. The molecule has 0 spiro atoms. The molecule has 5 nitrogen and oxygen atoms in total. The van der Waals surface area contributed by atoms with Gasteiger partial charge in [-0.3, -0.25) is 9.59 Å². The lowest BCUT2D eigenvalue weighted by atomic mass is 9.97. The predicted octanol–water partition coefficient (Wildman–Crippen LogP) is 1.55. The monoisotopic (exact) mass is 346 g/mol. The van der Waals surface area contributed by atoms with Gasteiger partial charge in [-0.05, 0) is 58.1 Å². The number of quaternary nitrogens is 1. The number of nitrogens with zero attached hydrogens (tertiary/aromatic N) is 1. The number of hydrogen-bond acceptors (Lipinski definition) is 2. The summed E-state index contributed by atoms with van der Waals surface area (Å²) in [5.41, 5.74) is 2.99. The Bertz CT molecular complexity index is 599. The molecule has 2 rings (SSSR count). The summed E-state index contributed by atoms with van der Waals surface area (Å²) in [5, 5.41) is 3.00. The van der Waals surface area contributed by atoms with Crippen LogP contribution in [0.15, 0.2) is 18.2 Å². The highest BCUT2D eigenvalue weighted by Gasteiger charge is 2.30. The van der Waals surface area contributed by atoms with Crippen LogP contribution in [0.4, 0.5) is 5.69 Å². The Morgan fingerprint density at radius 3 is 2.24 bits per heavy atom. The molecule has 1 aromatic carbocycles. The van der Waals surface area contributed by atoms with Gasteiger partial charge in [-0.2, -0.15) is 0 Å². The quantitative estimate of drug-likeness (QED) is 0.850. The summed E-state index contributed by atoms with van der Waals surface area (Å²) in [6.45, 7) is 8.86. The Labute approximate surface area is 151 Å². The maximum Gasteiger partial charge on any atom is 0.279 e. The average Bonchev–Trinajstić information content (AvgIpc) is 2.50. The third kappa shape index (κ3) is 5.05. The molecule has 0 bridgehead atoms. The molecule has 3 atom stereocenters. The molecule has 2 N–H and O–H groups in total. The lowest BCUT2D eigenvalue weighted by Gasteiger charge is -2.39. The van der Waals surface area contributed by atoms with E-state index in [4.69, 9.17) is 0 Å². The Kier molecular flexibility index (Phi) is 6.59. The minimum absolute atomic E-state index is 0.0533. The topological polar surface area (TPSA) is 53.9 Å². The van der Waals surface area contributed by atoms with Gasteiger partial charge in [0.25, 0.3) is 11.8 Å². The van der Waals surface area contributed by atoms with Crippen LogP contribution in [-0.4, -0.2) is 48.9 Å². The van der Waals surface area contributed by atoms with Crippen molar-refractivity contribution in [2.24, 2.45) is 0 Å². The second-order valence-electron chi connectivity index (χ2n) is 7.56. The van der Waals surface area contributed by atoms with E-state index in [1.165, 1.54) is 6.42 Å². The van der Waals surface area contributed by atoms with Crippen LogP contribution in [0.3, 0.4) is 0 Å². The smallest absolute Gasteiger partial charge is 0.279 e. The highest BCUT2D eigenvalue weighted by Crippen LogP contribution is 2.22. The summed E-state index contributed by atoms with van der Waals surface area (Å²) in [6.07, 6.45) is 3.33. The Morgan fingerprint density at radius 1 is 1.12 bits per heavy atom. The van der Waals surface area contributed by atoms with E-state index in [1.807, 2.05) is 44.0 Å². The average molecular weight is 346 g/mol. The van der Waals surface area contributed by atoms with Crippen molar-refractivity contribution in [1.82, 2.24) is 4.90 Å². The Morgan fingerprint density at radius 2 is 1.68 bits per heavy atom. The van der Waals surface area contributed by atoms with E-state index in [1.54, 1.807) is 0 Å². The van der Waals surface area contributed by atoms with Crippen molar-refractivity contribution in [2.75, 3.05) is 25.5 Å². The van der Waals surface area contributed by atoms with Crippen LogP contribution in [-0.2, 0) is 9.59 Å². The number of anilines is 1. The first kappa shape index (κ1) is 19.4. The minimum atomic E-state index is -0.0533. The number of aryl methyl sites for hydroxylation is 2. The molecule has 0 radical (unpaired) electrons. The summed E-state index contributed by atoms with van der Waals surface area (Å²) in [4.78, 5) is 27.9. The van der Waals surface area contributed by atoms with Crippen LogP contribution in [0.5, 0.6) is 0 Å². The van der Waals surface area contributed by atoms with E-state index >= 15 is 0 Å². The molecule has 1 aliphatic heterocycles.